The second-order valence-corrected chi connectivity index (χ2v) is 4.05. The van der Waals surface area contributed by atoms with Crippen molar-refractivity contribution in [2.75, 3.05) is 0 Å². The first-order valence-corrected chi connectivity index (χ1v) is 6.23. The van der Waals surface area contributed by atoms with E-state index in [-0.39, 0.29) is 0 Å². The molecular formula is C17H16N2. The maximum Gasteiger partial charge on any atom is 0.115 e. The van der Waals surface area contributed by atoms with Gasteiger partial charge < -0.3 is 0 Å². The van der Waals surface area contributed by atoms with E-state index in [4.69, 9.17) is 0 Å². The monoisotopic (exact) mass is 248 g/mol. The zero-order valence-electron chi connectivity index (χ0n) is 10.7. The number of hydrogen-bond acceptors (Lipinski definition) is 2. The van der Waals surface area contributed by atoms with Crippen molar-refractivity contribution < 1.29 is 0 Å². The van der Waals surface area contributed by atoms with Gasteiger partial charge in [-0.25, -0.2) is 9.97 Å². The molecule has 2 aromatic carbocycles. The summed E-state index contributed by atoms with van der Waals surface area (Å²) in [5, 5.41) is 0. The highest BCUT2D eigenvalue weighted by atomic mass is 14.8. The maximum atomic E-state index is 3.67. The van der Waals surface area contributed by atoms with Gasteiger partial charge in [-0.2, -0.15) is 0 Å². The van der Waals surface area contributed by atoms with Gasteiger partial charge >= 0.3 is 0 Å². The molecule has 0 saturated heterocycles. The Hall–Kier alpha value is -2.48. The predicted octanol–water partition coefficient (Wildman–Crippen LogP) is 3.75. The predicted molar refractivity (Wildman–Crippen MR) is 77.7 cm³/mol. The van der Waals surface area contributed by atoms with Gasteiger partial charge in [-0.05, 0) is 23.6 Å². The number of hydrogen-bond donors (Lipinski definition) is 0. The van der Waals surface area contributed by atoms with Crippen LogP contribution < -0.4 is 0 Å². The minimum Gasteiger partial charge on any atom is -0.245 e. The van der Waals surface area contributed by atoms with Crippen LogP contribution in [-0.4, -0.2) is 9.97 Å². The number of nitrogens with zero attached hydrogens (tertiary/aromatic N) is 2. The molecule has 0 N–H and O–H groups in total. The van der Waals surface area contributed by atoms with Gasteiger partial charge in [0.2, 0.25) is 0 Å². The second-order valence-electron chi connectivity index (χ2n) is 4.05. The van der Waals surface area contributed by atoms with Crippen molar-refractivity contribution in [3.05, 3.63) is 96.6 Å². The first-order chi connectivity index (χ1) is 9.45. The van der Waals surface area contributed by atoms with E-state index >= 15 is 0 Å². The fourth-order valence-corrected chi connectivity index (χ4v) is 1.68. The molecule has 0 aliphatic rings. The molecule has 0 aliphatic carbocycles. The Labute approximate surface area is 113 Å². The molecule has 19 heavy (non-hydrogen) atoms. The van der Waals surface area contributed by atoms with Gasteiger partial charge in [0.05, 0.1) is 0 Å². The molecule has 0 saturated carbocycles. The van der Waals surface area contributed by atoms with Crippen molar-refractivity contribution in [2.24, 2.45) is 0 Å². The summed E-state index contributed by atoms with van der Waals surface area (Å²) >= 11 is 0. The third kappa shape index (κ3) is 5.13. The van der Waals surface area contributed by atoms with Crippen LogP contribution in [0.3, 0.4) is 0 Å². The fourth-order valence-electron chi connectivity index (χ4n) is 1.68. The molecule has 1 heterocycles. The van der Waals surface area contributed by atoms with Gasteiger partial charge in [-0.1, -0.05) is 60.7 Å². The molecule has 94 valence electrons. The molecule has 0 aliphatic heterocycles. The molecule has 3 rings (SSSR count). The molecule has 0 spiro atoms. The molecule has 0 bridgehead atoms. The molecule has 0 unspecified atom stereocenters. The first-order valence-electron chi connectivity index (χ1n) is 6.23. The maximum absolute atomic E-state index is 3.67. The molecule has 2 nitrogen and oxygen atoms in total. The van der Waals surface area contributed by atoms with E-state index in [2.05, 4.69) is 70.6 Å². The van der Waals surface area contributed by atoms with Crippen molar-refractivity contribution >= 4 is 0 Å². The first kappa shape index (κ1) is 13.0. The van der Waals surface area contributed by atoms with Crippen LogP contribution in [0.2, 0.25) is 0 Å². The molecule has 3 aromatic rings. The average Bonchev–Trinajstić information content (AvgIpc) is 2.52. The van der Waals surface area contributed by atoms with Crippen molar-refractivity contribution in [3.8, 4) is 0 Å². The summed E-state index contributed by atoms with van der Waals surface area (Å²) in [5.74, 6) is 0. The normalized spacial score (nSPS) is 9.26. The summed E-state index contributed by atoms with van der Waals surface area (Å²) < 4.78 is 0. The molecule has 2 heteroatoms. The van der Waals surface area contributed by atoms with Crippen molar-refractivity contribution in [1.82, 2.24) is 9.97 Å². The van der Waals surface area contributed by atoms with E-state index in [9.17, 15) is 0 Å². The van der Waals surface area contributed by atoms with E-state index < -0.39 is 0 Å². The Morgan fingerprint density at radius 3 is 1.37 bits per heavy atom. The summed E-state index contributed by atoms with van der Waals surface area (Å²) in [4.78, 5) is 7.35. The summed E-state index contributed by atoms with van der Waals surface area (Å²) in [5.41, 5.74) is 2.74. The minimum absolute atomic E-state index is 1.03. The van der Waals surface area contributed by atoms with Gasteiger partial charge in [0, 0.05) is 12.4 Å². The second kappa shape index (κ2) is 7.77. The van der Waals surface area contributed by atoms with Gasteiger partial charge in [-0.15, -0.1) is 0 Å². The molecule has 0 fully saturated rings. The van der Waals surface area contributed by atoms with Crippen LogP contribution in [0.25, 0.3) is 0 Å². The number of benzene rings is 2. The smallest absolute Gasteiger partial charge is 0.115 e. The highest BCUT2D eigenvalue weighted by molar-refractivity contribution is 5.25. The molecular weight excluding hydrogens is 232 g/mol. The third-order valence-electron chi connectivity index (χ3n) is 2.57. The Bertz CT molecular complexity index is 486. The minimum atomic E-state index is 1.03. The lowest BCUT2D eigenvalue weighted by molar-refractivity contribution is 1.17. The zero-order chi connectivity index (χ0) is 13.2. The summed E-state index contributed by atoms with van der Waals surface area (Å²) in [7, 11) is 0. The van der Waals surface area contributed by atoms with Gasteiger partial charge in [0.25, 0.3) is 0 Å². The summed E-state index contributed by atoms with van der Waals surface area (Å²) in [6, 6.07) is 22.8. The molecule has 0 amide bonds. The van der Waals surface area contributed by atoms with E-state index in [1.54, 1.807) is 18.5 Å². The Morgan fingerprint density at radius 1 is 0.579 bits per heavy atom. The standard InChI is InChI=1S/C13H12.C4H4N2/c1-3-7-12(8-4-1)11-13-9-5-2-6-10-13;1-2-5-4-6-3-1/h1-10H,11H2;1-4H. The van der Waals surface area contributed by atoms with Crippen LogP contribution in [0.15, 0.2) is 85.5 Å². The molecule has 0 radical (unpaired) electrons. The van der Waals surface area contributed by atoms with Crippen LogP contribution >= 0.6 is 0 Å². The third-order valence-corrected chi connectivity index (χ3v) is 2.57. The fraction of sp³-hybridized carbons (Fsp3) is 0.0588. The topological polar surface area (TPSA) is 25.8 Å². The van der Waals surface area contributed by atoms with Crippen LogP contribution in [-0.2, 0) is 6.42 Å². The van der Waals surface area contributed by atoms with E-state index in [0.29, 0.717) is 0 Å². The van der Waals surface area contributed by atoms with Gasteiger partial charge in [-0.3, -0.25) is 0 Å². The van der Waals surface area contributed by atoms with Gasteiger partial charge in [0.15, 0.2) is 0 Å². The van der Waals surface area contributed by atoms with E-state index in [1.165, 1.54) is 17.5 Å². The SMILES string of the molecule is c1ccc(Cc2ccccc2)cc1.c1cncnc1. The lowest BCUT2D eigenvalue weighted by Gasteiger charge is -2.00. The quantitative estimate of drug-likeness (QED) is 0.690. The van der Waals surface area contributed by atoms with Crippen LogP contribution in [0.5, 0.6) is 0 Å². The Balaban J connectivity index is 0.000000186. The van der Waals surface area contributed by atoms with Crippen molar-refractivity contribution in [3.63, 3.8) is 0 Å². The van der Waals surface area contributed by atoms with Crippen LogP contribution in [0.4, 0.5) is 0 Å². The Kier molecular flexibility index (Phi) is 5.30. The van der Waals surface area contributed by atoms with Crippen molar-refractivity contribution in [2.45, 2.75) is 6.42 Å². The lowest BCUT2D eigenvalue weighted by atomic mass is 10.1. The number of aromatic nitrogens is 2. The Morgan fingerprint density at radius 2 is 1.05 bits per heavy atom. The highest BCUT2D eigenvalue weighted by Crippen LogP contribution is 2.07. The summed E-state index contributed by atoms with van der Waals surface area (Å²) in [6.45, 7) is 0. The lowest BCUT2D eigenvalue weighted by Crippen LogP contribution is -1.85. The van der Waals surface area contributed by atoms with Crippen LogP contribution in [0, 0.1) is 0 Å². The number of rotatable bonds is 2. The zero-order valence-corrected chi connectivity index (χ0v) is 10.7. The summed E-state index contributed by atoms with van der Waals surface area (Å²) in [6.07, 6.45) is 5.90. The molecule has 1 aromatic heterocycles. The molecule has 0 atom stereocenters. The highest BCUT2D eigenvalue weighted by Gasteiger charge is 1.92. The van der Waals surface area contributed by atoms with E-state index in [0.717, 1.165) is 6.42 Å². The van der Waals surface area contributed by atoms with Crippen LogP contribution in [0.1, 0.15) is 11.1 Å². The average molecular weight is 248 g/mol. The van der Waals surface area contributed by atoms with Gasteiger partial charge in [0.1, 0.15) is 6.33 Å². The van der Waals surface area contributed by atoms with E-state index in [1.807, 2.05) is 0 Å². The largest absolute Gasteiger partial charge is 0.245 e. The van der Waals surface area contributed by atoms with Crippen molar-refractivity contribution in [1.29, 1.82) is 0 Å².